The van der Waals surface area contributed by atoms with Crippen LogP contribution in [0, 0.1) is 5.92 Å². The van der Waals surface area contributed by atoms with Crippen molar-refractivity contribution in [2.45, 2.75) is 399 Å². The highest BCUT2D eigenvalue weighted by Crippen LogP contribution is 2.23. The van der Waals surface area contributed by atoms with Gasteiger partial charge in [-0.25, -0.2) is 0 Å². The quantitative estimate of drug-likeness (QED) is 0.0380. The molecule has 2 amide bonds. The molecule has 7 unspecified atom stereocenters. The number of hydrogen-bond acceptors (Lipinski definition) is 8. The number of unbranched alkanes of at least 4 members (excludes halogenated alkanes) is 38. The predicted octanol–water partition coefficient (Wildman–Crippen LogP) is 18.0. The Kier molecular flexibility index (Phi) is 55.1. The van der Waals surface area contributed by atoms with Crippen LogP contribution >= 0.6 is 0 Å². The van der Waals surface area contributed by atoms with E-state index >= 15 is 0 Å². The third-order valence-electron chi connectivity index (χ3n) is 18.2. The van der Waals surface area contributed by atoms with Gasteiger partial charge in [0.15, 0.2) is 0 Å². The van der Waals surface area contributed by atoms with Crippen molar-refractivity contribution < 1.29 is 30.0 Å². The number of carbonyl (C=O) groups excluding carboxylic acids is 2. The molecule has 0 aromatic heterocycles. The molecule has 0 spiro atoms. The summed E-state index contributed by atoms with van der Waals surface area (Å²) in [7, 11) is 0. The zero-order valence-corrected chi connectivity index (χ0v) is 55.8. The smallest absolute Gasteiger partial charge is 0.245 e. The van der Waals surface area contributed by atoms with Crippen LogP contribution in [0.25, 0.3) is 0 Å². The molecular formula is C72H144N4O6. The summed E-state index contributed by atoms with van der Waals surface area (Å²) in [4.78, 5) is 35.1. The fourth-order valence-electron chi connectivity index (χ4n) is 13.0. The minimum absolute atomic E-state index is 0.0653. The van der Waals surface area contributed by atoms with Gasteiger partial charge in [0.1, 0.15) is 12.1 Å². The average Bonchev–Trinajstić information content (AvgIpc) is 3.65. The molecule has 10 heteroatoms. The molecule has 0 radical (unpaired) electrons. The van der Waals surface area contributed by atoms with Crippen LogP contribution in [-0.2, 0) is 9.59 Å². The van der Waals surface area contributed by atoms with Crippen LogP contribution in [-0.4, -0.2) is 129 Å². The van der Waals surface area contributed by atoms with Crippen LogP contribution < -0.4 is 5.32 Å². The SMILES string of the molecule is CCCCCCCCCCCCC(C)CN(CCCCC1NC(=O)C(CCCCN(CC(O)CCCCCCCCCCCC)CC(O)CCCCCCCCCCCC)N(CC(O)CCCCCCCCCCCC)C1=O)CC(C)O. The molecule has 1 aliphatic heterocycles. The Labute approximate surface area is 510 Å². The van der Waals surface area contributed by atoms with E-state index in [2.05, 4.69) is 49.7 Å². The summed E-state index contributed by atoms with van der Waals surface area (Å²) in [5, 5.41) is 47.8. The largest absolute Gasteiger partial charge is 0.392 e. The lowest BCUT2D eigenvalue weighted by atomic mass is 9.97. The fraction of sp³-hybridized carbons (Fsp3) is 0.972. The third-order valence-corrected chi connectivity index (χ3v) is 18.2. The molecule has 1 heterocycles. The molecule has 10 nitrogen and oxygen atoms in total. The standard InChI is InChI=1S/C72H144N4O6/c1-7-11-15-19-23-27-31-35-39-43-51-64(5)59-74(60-65(6)77)57-49-47-55-69-72(82)76(63-68(80)54-46-42-38-34-30-26-22-18-14-10-4)70(71(81)73-69)56-48-50-58-75(61-66(78)52-44-40-36-32-28-24-20-16-12-8-2)62-67(79)53-45-41-37-33-29-25-21-17-13-9-3/h64-70,77-80H,7-63H2,1-6H3,(H,73,81). The summed E-state index contributed by atoms with van der Waals surface area (Å²) in [6.45, 7) is 17.8. The number of amides is 2. The molecule has 0 aromatic rings. The molecule has 1 saturated heterocycles. The number of aliphatic hydroxyl groups excluding tert-OH is 4. The Balaban J connectivity index is 2.92. The fourth-order valence-corrected chi connectivity index (χ4v) is 13.0. The van der Waals surface area contributed by atoms with Crippen molar-refractivity contribution in [2.24, 2.45) is 5.92 Å². The van der Waals surface area contributed by atoms with E-state index in [1.54, 1.807) is 4.90 Å². The summed E-state index contributed by atoms with van der Waals surface area (Å²) >= 11 is 0. The zero-order valence-electron chi connectivity index (χ0n) is 55.8. The number of nitrogens with zero attached hydrogens (tertiary/aromatic N) is 3. The number of aliphatic hydroxyl groups is 4. The van der Waals surface area contributed by atoms with Crippen LogP contribution in [0.5, 0.6) is 0 Å². The van der Waals surface area contributed by atoms with Crippen molar-refractivity contribution in [3.05, 3.63) is 0 Å². The van der Waals surface area contributed by atoms with Gasteiger partial charge in [-0.1, -0.05) is 291 Å². The molecular weight excluding hydrogens is 1020 g/mol. The maximum absolute atomic E-state index is 14.5. The number of piperazine rings is 1. The molecule has 0 saturated carbocycles. The van der Waals surface area contributed by atoms with Gasteiger partial charge in [-0.05, 0) is 90.1 Å². The summed E-state index contributed by atoms with van der Waals surface area (Å²) in [6, 6.07) is -1.22. The molecule has 488 valence electrons. The van der Waals surface area contributed by atoms with E-state index in [0.29, 0.717) is 44.8 Å². The van der Waals surface area contributed by atoms with Crippen molar-refractivity contribution in [1.82, 2.24) is 20.0 Å². The highest BCUT2D eigenvalue weighted by atomic mass is 16.3. The first-order chi connectivity index (χ1) is 39.9. The van der Waals surface area contributed by atoms with E-state index in [1.165, 1.54) is 225 Å². The molecule has 7 atom stereocenters. The lowest BCUT2D eigenvalue weighted by Crippen LogP contribution is -2.64. The van der Waals surface area contributed by atoms with Gasteiger partial charge in [0.2, 0.25) is 11.8 Å². The van der Waals surface area contributed by atoms with Crippen molar-refractivity contribution in [1.29, 1.82) is 0 Å². The molecule has 0 aromatic carbocycles. The number of hydrogen-bond donors (Lipinski definition) is 5. The van der Waals surface area contributed by atoms with Gasteiger partial charge in [0.05, 0.1) is 24.4 Å². The summed E-state index contributed by atoms with van der Waals surface area (Å²) in [6.07, 6.45) is 56.9. The van der Waals surface area contributed by atoms with Crippen molar-refractivity contribution in [3.63, 3.8) is 0 Å². The topological polar surface area (TPSA) is 137 Å². The van der Waals surface area contributed by atoms with E-state index in [4.69, 9.17) is 0 Å². The maximum atomic E-state index is 14.5. The van der Waals surface area contributed by atoms with Crippen LogP contribution in [0.3, 0.4) is 0 Å². The van der Waals surface area contributed by atoms with Crippen LogP contribution in [0.4, 0.5) is 0 Å². The van der Waals surface area contributed by atoms with Gasteiger partial charge in [0, 0.05) is 32.7 Å². The van der Waals surface area contributed by atoms with E-state index in [9.17, 15) is 30.0 Å². The Morgan fingerprint density at radius 1 is 0.378 bits per heavy atom. The molecule has 82 heavy (non-hydrogen) atoms. The van der Waals surface area contributed by atoms with E-state index in [1.807, 2.05) is 6.92 Å². The van der Waals surface area contributed by atoms with Crippen LogP contribution in [0.1, 0.15) is 363 Å². The number of β-amino-alcohol motifs (C(OH)–C–C–N with tert-alkyl or cyclic N) is 1. The lowest BCUT2D eigenvalue weighted by Gasteiger charge is -2.40. The van der Waals surface area contributed by atoms with E-state index in [0.717, 1.165) is 96.7 Å². The Bertz CT molecular complexity index is 1340. The van der Waals surface area contributed by atoms with Crippen molar-refractivity contribution >= 4 is 11.8 Å². The van der Waals surface area contributed by atoms with E-state index in [-0.39, 0.29) is 18.4 Å². The molecule has 0 bridgehead atoms. The Hall–Kier alpha value is -1.30. The monoisotopic (exact) mass is 1160 g/mol. The first-order valence-corrected chi connectivity index (χ1v) is 36.7. The van der Waals surface area contributed by atoms with E-state index < -0.39 is 36.5 Å². The van der Waals surface area contributed by atoms with Gasteiger partial charge in [-0.3, -0.25) is 14.5 Å². The molecule has 1 fully saturated rings. The minimum atomic E-state index is -0.673. The molecule has 1 rings (SSSR count). The van der Waals surface area contributed by atoms with Gasteiger partial charge < -0.3 is 35.5 Å². The summed E-state index contributed by atoms with van der Waals surface area (Å²) in [5.74, 6) is 0.386. The lowest BCUT2D eigenvalue weighted by molar-refractivity contribution is -0.151. The second kappa shape index (κ2) is 57.4. The highest BCUT2D eigenvalue weighted by molar-refractivity contribution is 5.97. The molecule has 5 N–H and O–H groups in total. The number of carbonyl (C=O) groups is 2. The van der Waals surface area contributed by atoms with Crippen molar-refractivity contribution in [2.75, 3.05) is 45.8 Å². The predicted molar refractivity (Wildman–Crippen MR) is 353 cm³/mol. The van der Waals surface area contributed by atoms with Gasteiger partial charge in [-0.15, -0.1) is 0 Å². The third kappa shape index (κ3) is 46.9. The van der Waals surface area contributed by atoms with Gasteiger partial charge in [0.25, 0.3) is 0 Å². The Morgan fingerprint density at radius 2 is 0.695 bits per heavy atom. The second-order valence-electron chi connectivity index (χ2n) is 26.9. The number of nitrogens with one attached hydrogen (secondary N) is 1. The zero-order chi connectivity index (χ0) is 59.9. The number of rotatable bonds is 64. The van der Waals surface area contributed by atoms with Gasteiger partial charge in [-0.2, -0.15) is 0 Å². The highest BCUT2D eigenvalue weighted by Gasteiger charge is 2.40. The second-order valence-corrected chi connectivity index (χ2v) is 26.9. The molecule has 1 aliphatic rings. The normalized spacial score (nSPS) is 16.9. The summed E-state index contributed by atoms with van der Waals surface area (Å²) < 4.78 is 0. The van der Waals surface area contributed by atoms with Crippen LogP contribution in [0.15, 0.2) is 0 Å². The molecule has 0 aliphatic carbocycles. The van der Waals surface area contributed by atoms with Crippen LogP contribution in [0.2, 0.25) is 0 Å². The first kappa shape index (κ1) is 78.7. The maximum Gasteiger partial charge on any atom is 0.245 e. The summed E-state index contributed by atoms with van der Waals surface area (Å²) in [5.41, 5.74) is 0. The minimum Gasteiger partial charge on any atom is -0.392 e. The average molecular weight is 1160 g/mol. The van der Waals surface area contributed by atoms with Gasteiger partial charge >= 0.3 is 0 Å². The van der Waals surface area contributed by atoms with Crippen molar-refractivity contribution in [3.8, 4) is 0 Å². The Morgan fingerprint density at radius 3 is 1.06 bits per heavy atom. The first-order valence-electron chi connectivity index (χ1n) is 36.7.